The fourth-order valence-corrected chi connectivity index (χ4v) is 3.62. The molecule has 1 aliphatic heterocycles. The Hall–Kier alpha value is -3.39. The molecule has 0 radical (unpaired) electrons. The van der Waals surface area contributed by atoms with Crippen LogP contribution >= 0.6 is 12.2 Å². The fourth-order valence-electron chi connectivity index (χ4n) is 3.37. The Balaban J connectivity index is 1.89. The van der Waals surface area contributed by atoms with E-state index in [-0.39, 0.29) is 12.0 Å². The number of carbonyl (C=O) groups is 2. The van der Waals surface area contributed by atoms with Gasteiger partial charge in [-0.15, -0.1) is 0 Å². The van der Waals surface area contributed by atoms with Crippen molar-refractivity contribution < 1.29 is 19.1 Å². The summed E-state index contributed by atoms with van der Waals surface area (Å²) in [5, 5.41) is 6.61. The number of ether oxygens (including phenoxy) is 2. The van der Waals surface area contributed by atoms with E-state index in [1.807, 2.05) is 39.0 Å². The normalized spacial score (nSPS) is 16.0. The van der Waals surface area contributed by atoms with Crippen LogP contribution in [0.5, 0.6) is 5.75 Å². The Labute approximate surface area is 193 Å². The lowest BCUT2D eigenvalue weighted by atomic mass is 9.94. The molecular formula is C24H27N3O4S. The Morgan fingerprint density at radius 2 is 1.84 bits per heavy atom. The molecule has 7 nitrogen and oxygen atoms in total. The van der Waals surface area contributed by atoms with E-state index in [0.29, 0.717) is 27.7 Å². The number of benzene rings is 2. The third kappa shape index (κ3) is 5.08. The van der Waals surface area contributed by atoms with Crippen molar-refractivity contribution in [3.8, 4) is 5.75 Å². The van der Waals surface area contributed by atoms with Gasteiger partial charge in [0.2, 0.25) is 0 Å². The van der Waals surface area contributed by atoms with Crippen molar-refractivity contribution in [1.29, 1.82) is 0 Å². The highest BCUT2D eigenvalue weighted by Gasteiger charge is 2.34. The summed E-state index contributed by atoms with van der Waals surface area (Å²) in [6, 6.07) is 13.7. The van der Waals surface area contributed by atoms with E-state index in [1.54, 1.807) is 49.4 Å². The largest absolute Gasteiger partial charge is 0.497 e. The summed E-state index contributed by atoms with van der Waals surface area (Å²) in [5.74, 6) is 0.0238. The standard InChI is InChI=1S/C24H27N3O4S/c1-14(2)31-23(29)20-15(3)27(4)24(32)26-21(20)17-7-6-8-18(13-17)25-22(28)16-9-11-19(30-5)12-10-16/h6-14,21H,1-5H3,(H,25,28)(H,26,32). The van der Waals surface area contributed by atoms with Crippen LogP contribution in [0.2, 0.25) is 0 Å². The summed E-state index contributed by atoms with van der Waals surface area (Å²) in [4.78, 5) is 27.3. The second-order valence-electron chi connectivity index (χ2n) is 7.70. The van der Waals surface area contributed by atoms with Gasteiger partial charge in [0.05, 0.1) is 24.8 Å². The highest BCUT2D eigenvalue weighted by atomic mass is 32.1. The Kier molecular flexibility index (Phi) is 7.15. The average molecular weight is 454 g/mol. The van der Waals surface area contributed by atoms with Crippen molar-refractivity contribution in [2.24, 2.45) is 0 Å². The van der Waals surface area contributed by atoms with E-state index in [0.717, 1.165) is 11.3 Å². The van der Waals surface area contributed by atoms with Crippen LogP contribution in [-0.4, -0.2) is 42.2 Å². The van der Waals surface area contributed by atoms with Gasteiger partial charge < -0.3 is 25.0 Å². The minimum absolute atomic E-state index is 0.247. The van der Waals surface area contributed by atoms with Crippen molar-refractivity contribution in [2.75, 3.05) is 19.5 Å². The van der Waals surface area contributed by atoms with Crippen molar-refractivity contribution in [2.45, 2.75) is 32.9 Å². The first kappa shape index (κ1) is 23.3. The second kappa shape index (κ2) is 9.82. The molecule has 2 aromatic rings. The molecule has 2 N–H and O–H groups in total. The van der Waals surface area contributed by atoms with Gasteiger partial charge in [-0.25, -0.2) is 4.79 Å². The van der Waals surface area contributed by atoms with Gasteiger partial charge in [0.25, 0.3) is 5.91 Å². The summed E-state index contributed by atoms with van der Waals surface area (Å²) < 4.78 is 10.6. The van der Waals surface area contributed by atoms with Gasteiger partial charge in [0.1, 0.15) is 5.75 Å². The van der Waals surface area contributed by atoms with Gasteiger partial charge in [-0.1, -0.05) is 12.1 Å². The summed E-state index contributed by atoms with van der Waals surface area (Å²) in [7, 11) is 3.37. The molecular weight excluding hydrogens is 426 g/mol. The minimum Gasteiger partial charge on any atom is -0.497 e. The van der Waals surface area contributed by atoms with Gasteiger partial charge >= 0.3 is 5.97 Å². The molecule has 2 aromatic carbocycles. The highest BCUT2D eigenvalue weighted by molar-refractivity contribution is 7.80. The van der Waals surface area contributed by atoms with E-state index in [1.165, 1.54) is 0 Å². The van der Waals surface area contributed by atoms with Crippen LogP contribution in [0, 0.1) is 0 Å². The maximum atomic E-state index is 12.9. The number of nitrogens with zero attached hydrogens (tertiary/aromatic N) is 1. The van der Waals surface area contributed by atoms with Crippen LogP contribution in [0.3, 0.4) is 0 Å². The zero-order valence-corrected chi connectivity index (χ0v) is 19.6. The second-order valence-corrected chi connectivity index (χ2v) is 8.09. The number of thiocarbonyl (C=S) groups is 1. The number of amides is 1. The third-order valence-corrected chi connectivity index (χ3v) is 5.54. The zero-order chi connectivity index (χ0) is 23.4. The zero-order valence-electron chi connectivity index (χ0n) is 18.8. The number of anilines is 1. The first-order chi connectivity index (χ1) is 15.2. The minimum atomic E-state index is -0.497. The van der Waals surface area contributed by atoms with Gasteiger partial charge in [0, 0.05) is 24.0 Å². The molecule has 0 aliphatic carbocycles. The predicted molar refractivity (Wildman–Crippen MR) is 128 cm³/mol. The molecule has 1 amide bonds. The molecule has 0 fully saturated rings. The lowest BCUT2D eigenvalue weighted by Crippen LogP contribution is -2.46. The molecule has 8 heteroatoms. The molecule has 1 aliphatic rings. The van der Waals surface area contributed by atoms with Crippen molar-refractivity contribution >= 4 is 34.9 Å². The first-order valence-corrected chi connectivity index (χ1v) is 10.6. The number of carbonyl (C=O) groups excluding carboxylic acids is 2. The van der Waals surface area contributed by atoms with Crippen LogP contribution in [0.1, 0.15) is 42.7 Å². The molecule has 168 valence electrons. The van der Waals surface area contributed by atoms with Crippen LogP contribution in [-0.2, 0) is 9.53 Å². The quantitative estimate of drug-likeness (QED) is 0.505. The Morgan fingerprint density at radius 1 is 1.16 bits per heavy atom. The third-order valence-electron chi connectivity index (χ3n) is 5.15. The number of rotatable bonds is 6. The summed E-state index contributed by atoms with van der Waals surface area (Å²) in [6.45, 7) is 5.46. The van der Waals surface area contributed by atoms with Gasteiger partial charge in [-0.05, 0) is 75.0 Å². The molecule has 1 atom stereocenters. The van der Waals surface area contributed by atoms with Crippen molar-refractivity contribution in [3.63, 3.8) is 0 Å². The maximum Gasteiger partial charge on any atom is 0.338 e. The molecule has 0 aromatic heterocycles. The predicted octanol–water partition coefficient (Wildman–Crippen LogP) is 4.03. The Bertz CT molecular complexity index is 1060. The van der Waals surface area contributed by atoms with Gasteiger partial charge in [0.15, 0.2) is 5.11 Å². The molecule has 1 unspecified atom stereocenters. The molecule has 0 saturated heterocycles. The van der Waals surface area contributed by atoms with Crippen LogP contribution < -0.4 is 15.4 Å². The number of methoxy groups -OCH3 is 1. The summed E-state index contributed by atoms with van der Waals surface area (Å²) in [5.41, 5.74) is 3.09. The topological polar surface area (TPSA) is 79.9 Å². The van der Waals surface area contributed by atoms with Crippen LogP contribution in [0.25, 0.3) is 0 Å². The number of hydrogen-bond donors (Lipinski definition) is 2. The summed E-state index contributed by atoms with van der Waals surface area (Å²) in [6.07, 6.45) is -0.252. The number of nitrogens with one attached hydrogen (secondary N) is 2. The smallest absolute Gasteiger partial charge is 0.338 e. The van der Waals surface area contributed by atoms with E-state index in [4.69, 9.17) is 21.7 Å². The molecule has 0 spiro atoms. The van der Waals surface area contributed by atoms with Crippen molar-refractivity contribution in [3.05, 3.63) is 70.9 Å². The van der Waals surface area contributed by atoms with Crippen LogP contribution in [0.15, 0.2) is 59.8 Å². The van der Waals surface area contributed by atoms with Crippen molar-refractivity contribution in [1.82, 2.24) is 10.2 Å². The molecule has 0 saturated carbocycles. The number of hydrogen-bond acceptors (Lipinski definition) is 5. The van der Waals surface area contributed by atoms with E-state index < -0.39 is 12.0 Å². The average Bonchev–Trinajstić information content (AvgIpc) is 2.76. The van der Waals surface area contributed by atoms with Gasteiger partial charge in [-0.3, -0.25) is 4.79 Å². The molecule has 0 bridgehead atoms. The SMILES string of the molecule is COc1ccc(C(=O)Nc2cccc(C3NC(=S)N(C)C(C)=C3C(=O)OC(C)C)c2)cc1. The maximum absolute atomic E-state index is 12.9. The summed E-state index contributed by atoms with van der Waals surface area (Å²) >= 11 is 5.45. The number of allylic oxidation sites excluding steroid dienone is 1. The Morgan fingerprint density at radius 3 is 2.47 bits per heavy atom. The lowest BCUT2D eigenvalue weighted by molar-refractivity contribution is -0.143. The number of esters is 1. The highest BCUT2D eigenvalue weighted by Crippen LogP contribution is 2.32. The molecule has 32 heavy (non-hydrogen) atoms. The molecule has 3 rings (SSSR count). The lowest BCUT2D eigenvalue weighted by Gasteiger charge is -2.35. The monoisotopic (exact) mass is 453 g/mol. The first-order valence-electron chi connectivity index (χ1n) is 10.2. The van der Waals surface area contributed by atoms with E-state index in [2.05, 4.69) is 10.6 Å². The molecule has 1 heterocycles. The van der Waals surface area contributed by atoms with E-state index >= 15 is 0 Å². The van der Waals surface area contributed by atoms with E-state index in [9.17, 15) is 9.59 Å². The fraction of sp³-hybridized carbons (Fsp3) is 0.292. The van der Waals surface area contributed by atoms with Gasteiger partial charge in [-0.2, -0.15) is 0 Å². The van der Waals surface area contributed by atoms with Crippen LogP contribution in [0.4, 0.5) is 5.69 Å².